The second kappa shape index (κ2) is 7.88. The predicted octanol–water partition coefficient (Wildman–Crippen LogP) is 2.83. The molecule has 1 aromatic carbocycles. The minimum atomic E-state index is -0.201. The van der Waals surface area contributed by atoms with E-state index >= 15 is 0 Å². The summed E-state index contributed by atoms with van der Waals surface area (Å²) in [6.45, 7) is 3.56. The van der Waals surface area contributed by atoms with Crippen molar-refractivity contribution in [1.82, 2.24) is 19.8 Å². The molecule has 0 aliphatic carbocycles. The smallest absolute Gasteiger partial charge is 0.274 e. The van der Waals surface area contributed by atoms with Crippen molar-refractivity contribution in [2.45, 2.75) is 6.92 Å². The molecule has 1 aromatic heterocycles. The maximum Gasteiger partial charge on any atom is 0.274 e. The SMILES string of the molecule is CC(=O)N1CCN(C(=O)c2cnc(Nc3cccc(Cl)c3Cl)cn2)CC1. The van der Waals surface area contributed by atoms with E-state index in [2.05, 4.69) is 15.3 Å². The first-order chi connectivity index (χ1) is 12.5. The van der Waals surface area contributed by atoms with E-state index in [0.29, 0.717) is 47.7 Å². The molecule has 0 unspecified atom stereocenters. The van der Waals surface area contributed by atoms with Gasteiger partial charge in [0.1, 0.15) is 11.5 Å². The van der Waals surface area contributed by atoms with E-state index < -0.39 is 0 Å². The Balaban J connectivity index is 1.65. The fraction of sp³-hybridized carbons (Fsp3) is 0.294. The first-order valence-corrected chi connectivity index (χ1v) is 8.79. The molecule has 1 N–H and O–H groups in total. The van der Waals surface area contributed by atoms with Gasteiger partial charge in [0.05, 0.1) is 28.1 Å². The number of nitrogens with zero attached hydrogens (tertiary/aromatic N) is 4. The minimum absolute atomic E-state index is 0.0204. The first-order valence-electron chi connectivity index (χ1n) is 8.03. The number of benzene rings is 1. The highest BCUT2D eigenvalue weighted by atomic mass is 35.5. The molecular weight excluding hydrogens is 377 g/mol. The van der Waals surface area contributed by atoms with Crippen LogP contribution in [0.25, 0.3) is 0 Å². The minimum Gasteiger partial charge on any atom is -0.339 e. The largest absolute Gasteiger partial charge is 0.339 e. The number of hydrogen-bond acceptors (Lipinski definition) is 5. The number of halogens is 2. The monoisotopic (exact) mass is 393 g/mol. The van der Waals surface area contributed by atoms with Crippen molar-refractivity contribution in [2.24, 2.45) is 0 Å². The molecule has 2 amide bonds. The third-order valence-electron chi connectivity index (χ3n) is 4.10. The Morgan fingerprint density at radius 1 is 1.04 bits per heavy atom. The number of rotatable bonds is 3. The second-order valence-corrected chi connectivity index (χ2v) is 6.60. The molecule has 1 fully saturated rings. The van der Waals surface area contributed by atoms with E-state index in [1.165, 1.54) is 19.3 Å². The average molecular weight is 394 g/mol. The van der Waals surface area contributed by atoms with Crippen LogP contribution in [0.2, 0.25) is 10.0 Å². The number of hydrogen-bond donors (Lipinski definition) is 1. The maximum atomic E-state index is 12.5. The molecule has 136 valence electrons. The molecule has 1 saturated heterocycles. The van der Waals surface area contributed by atoms with Crippen LogP contribution in [0.15, 0.2) is 30.6 Å². The van der Waals surface area contributed by atoms with Crippen LogP contribution in [0.1, 0.15) is 17.4 Å². The van der Waals surface area contributed by atoms with E-state index in [4.69, 9.17) is 23.2 Å². The number of aromatic nitrogens is 2. The van der Waals surface area contributed by atoms with Gasteiger partial charge in [-0.2, -0.15) is 0 Å². The molecule has 9 heteroatoms. The van der Waals surface area contributed by atoms with Gasteiger partial charge in [0, 0.05) is 33.1 Å². The van der Waals surface area contributed by atoms with Crippen LogP contribution in [0.4, 0.5) is 11.5 Å². The Morgan fingerprint density at radius 3 is 2.35 bits per heavy atom. The van der Waals surface area contributed by atoms with E-state index in [0.717, 1.165) is 0 Å². The van der Waals surface area contributed by atoms with Crippen molar-refractivity contribution < 1.29 is 9.59 Å². The summed E-state index contributed by atoms with van der Waals surface area (Å²) in [5, 5.41) is 3.84. The maximum absolute atomic E-state index is 12.5. The normalized spacial score (nSPS) is 14.3. The Hall–Kier alpha value is -2.38. The Morgan fingerprint density at radius 2 is 1.73 bits per heavy atom. The molecule has 0 atom stereocenters. The summed E-state index contributed by atoms with van der Waals surface area (Å²) in [7, 11) is 0. The third kappa shape index (κ3) is 4.05. The Bertz CT molecular complexity index is 820. The average Bonchev–Trinajstić information content (AvgIpc) is 2.65. The fourth-order valence-electron chi connectivity index (χ4n) is 2.63. The zero-order chi connectivity index (χ0) is 18.7. The van der Waals surface area contributed by atoms with Crippen LogP contribution >= 0.6 is 23.2 Å². The molecular formula is C17H17Cl2N5O2. The van der Waals surface area contributed by atoms with Crippen LogP contribution in [0.5, 0.6) is 0 Å². The van der Waals surface area contributed by atoms with Gasteiger partial charge in [-0.3, -0.25) is 9.59 Å². The molecule has 0 spiro atoms. The van der Waals surface area contributed by atoms with E-state index in [9.17, 15) is 9.59 Å². The molecule has 7 nitrogen and oxygen atoms in total. The molecule has 2 aromatic rings. The van der Waals surface area contributed by atoms with Gasteiger partial charge >= 0.3 is 0 Å². The Kier molecular flexibility index (Phi) is 5.58. The molecule has 2 heterocycles. The number of carbonyl (C=O) groups is 2. The number of carbonyl (C=O) groups excluding carboxylic acids is 2. The van der Waals surface area contributed by atoms with Crippen LogP contribution < -0.4 is 5.32 Å². The summed E-state index contributed by atoms with van der Waals surface area (Å²) in [4.78, 5) is 35.6. The molecule has 0 radical (unpaired) electrons. The van der Waals surface area contributed by atoms with Crippen molar-refractivity contribution in [1.29, 1.82) is 0 Å². The van der Waals surface area contributed by atoms with E-state index in [1.807, 2.05) is 0 Å². The summed E-state index contributed by atoms with van der Waals surface area (Å²) >= 11 is 12.1. The summed E-state index contributed by atoms with van der Waals surface area (Å²) in [6, 6.07) is 5.22. The molecule has 1 aliphatic rings. The number of piperazine rings is 1. The predicted molar refractivity (Wildman–Crippen MR) is 99.9 cm³/mol. The summed E-state index contributed by atoms with van der Waals surface area (Å²) in [5.41, 5.74) is 0.858. The third-order valence-corrected chi connectivity index (χ3v) is 4.92. The lowest BCUT2D eigenvalue weighted by Crippen LogP contribution is -2.50. The molecule has 0 bridgehead atoms. The summed E-state index contributed by atoms with van der Waals surface area (Å²) in [6.07, 6.45) is 2.89. The highest BCUT2D eigenvalue weighted by Crippen LogP contribution is 2.31. The molecule has 0 saturated carbocycles. The van der Waals surface area contributed by atoms with Gasteiger partial charge < -0.3 is 15.1 Å². The number of nitrogens with one attached hydrogen (secondary N) is 1. The number of anilines is 2. The van der Waals surface area contributed by atoms with Gasteiger partial charge in [0.2, 0.25) is 5.91 Å². The summed E-state index contributed by atoms with van der Waals surface area (Å²) in [5.74, 6) is 0.271. The van der Waals surface area contributed by atoms with Crippen molar-refractivity contribution in [3.8, 4) is 0 Å². The highest BCUT2D eigenvalue weighted by Gasteiger charge is 2.24. The molecule has 1 aliphatic heterocycles. The van der Waals surface area contributed by atoms with Gasteiger partial charge in [-0.05, 0) is 12.1 Å². The van der Waals surface area contributed by atoms with Gasteiger partial charge in [0.25, 0.3) is 5.91 Å². The number of amides is 2. The standard InChI is InChI=1S/C17H17Cl2N5O2/c1-11(25)23-5-7-24(8-6-23)17(26)14-9-21-15(10-20-14)22-13-4-2-3-12(18)16(13)19/h2-4,9-10H,5-8H2,1H3,(H,21,22). The van der Waals surface area contributed by atoms with Gasteiger partial charge in [-0.1, -0.05) is 29.3 Å². The highest BCUT2D eigenvalue weighted by molar-refractivity contribution is 6.43. The van der Waals surface area contributed by atoms with Crippen LogP contribution in [-0.2, 0) is 4.79 Å². The van der Waals surface area contributed by atoms with Gasteiger partial charge in [-0.15, -0.1) is 0 Å². The van der Waals surface area contributed by atoms with Gasteiger partial charge in [0.15, 0.2) is 0 Å². The lowest BCUT2D eigenvalue weighted by atomic mass is 10.2. The lowest BCUT2D eigenvalue weighted by molar-refractivity contribution is -0.130. The quantitative estimate of drug-likeness (QED) is 0.866. The fourth-order valence-corrected chi connectivity index (χ4v) is 2.98. The van der Waals surface area contributed by atoms with Crippen molar-refractivity contribution in [3.05, 3.63) is 46.3 Å². The summed E-state index contributed by atoms with van der Waals surface area (Å²) < 4.78 is 0. The van der Waals surface area contributed by atoms with Gasteiger partial charge in [-0.25, -0.2) is 9.97 Å². The van der Waals surface area contributed by atoms with Crippen molar-refractivity contribution >= 4 is 46.5 Å². The Labute approximate surface area is 160 Å². The topological polar surface area (TPSA) is 78.4 Å². The van der Waals surface area contributed by atoms with Crippen LogP contribution in [0.3, 0.4) is 0 Å². The van der Waals surface area contributed by atoms with Crippen molar-refractivity contribution in [3.63, 3.8) is 0 Å². The first kappa shape index (κ1) is 18.4. The van der Waals surface area contributed by atoms with E-state index in [-0.39, 0.29) is 17.5 Å². The lowest BCUT2D eigenvalue weighted by Gasteiger charge is -2.33. The van der Waals surface area contributed by atoms with Crippen molar-refractivity contribution in [2.75, 3.05) is 31.5 Å². The van der Waals surface area contributed by atoms with Crippen LogP contribution in [0, 0.1) is 0 Å². The second-order valence-electron chi connectivity index (χ2n) is 5.81. The van der Waals surface area contributed by atoms with Crippen LogP contribution in [-0.4, -0.2) is 57.8 Å². The zero-order valence-corrected chi connectivity index (χ0v) is 15.6. The van der Waals surface area contributed by atoms with E-state index in [1.54, 1.807) is 28.0 Å². The molecule has 26 heavy (non-hydrogen) atoms. The zero-order valence-electron chi connectivity index (χ0n) is 14.1. The molecule has 3 rings (SSSR count).